The third kappa shape index (κ3) is 8.81. The number of benzene rings is 2. The van der Waals surface area contributed by atoms with Crippen LogP contribution in [0.2, 0.25) is 0 Å². The van der Waals surface area contributed by atoms with Crippen LogP contribution in [0.4, 0.5) is 0 Å². The molecule has 0 spiro atoms. The van der Waals surface area contributed by atoms with Crippen molar-refractivity contribution >= 4 is 23.9 Å². The van der Waals surface area contributed by atoms with Crippen LogP contribution in [0.25, 0.3) is 12.2 Å². The zero-order valence-corrected chi connectivity index (χ0v) is 19.5. The Balaban J connectivity index is 2.16. The minimum Gasteiger partial charge on any atom is -0.481 e. The summed E-state index contributed by atoms with van der Waals surface area (Å²) in [7, 11) is 0. The molecular formula is C28H32O5. The molecule has 0 amide bonds. The molecule has 0 atom stereocenters. The molecule has 33 heavy (non-hydrogen) atoms. The van der Waals surface area contributed by atoms with E-state index in [-0.39, 0.29) is 17.1 Å². The summed E-state index contributed by atoms with van der Waals surface area (Å²) in [6, 6.07) is 12.7. The molecule has 2 rings (SSSR count). The van der Waals surface area contributed by atoms with Gasteiger partial charge in [-0.25, -0.2) is 4.79 Å². The van der Waals surface area contributed by atoms with Crippen molar-refractivity contribution in [3.8, 4) is 11.5 Å². The highest BCUT2D eigenvalue weighted by Gasteiger charge is 2.14. The number of carbonyl (C=O) groups excluding carboxylic acids is 1. The summed E-state index contributed by atoms with van der Waals surface area (Å²) >= 11 is 0. The average Bonchev–Trinajstić information content (AvgIpc) is 2.83. The summed E-state index contributed by atoms with van der Waals surface area (Å²) in [5, 5.41) is 8.98. The molecule has 0 heterocycles. The highest BCUT2D eigenvalue weighted by Crippen LogP contribution is 2.28. The van der Waals surface area contributed by atoms with Gasteiger partial charge in [0.05, 0.1) is 11.3 Å². The molecule has 0 saturated carbocycles. The number of ether oxygens (including phenoxy) is 2. The number of carbonyl (C=O) groups is 2. The zero-order valence-electron chi connectivity index (χ0n) is 19.5. The van der Waals surface area contributed by atoms with Gasteiger partial charge in [-0.05, 0) is 48.8 Å². The molecule has 0 aromatic heterocycles. The van der Waals surface area contributed by atoms with Gasteiger partial charge in [-0.15, -0.1) is 0 Å². The number of carboxylic acid groups (broad SMARTS) is 1. The first-order valence-electron chi connectivity index (χ1n) is 11.3. The molecule has 1 N–H and O–H groups in total. The molecule has 0 aliphatic heterocycles. The van der Waals surface area contributed by atoms with E-state index in [0.29, 0.717) is 12.2 Å². The SMILES string of the molecule is C/C=C(/CC)Oc1ccc(C(=O)/C=C/c2ccc(/C=C/CCCC)cc2)c(OCC(=O)O)c1. The summed E-state index contributed by atoms with van der Waals surface area (Å²) in [5.74, 6) is 0.00736. The minimum absolute atomic E-state index is 0.170. The van der Waals surface area contributed by atoms with E-state index < -0.39 is 12.6 Å². The molecular weight excluding hydrogens is 416 g/mol. The maximum Gasteiger partial charge on any atom is 0.341 e. The lowest BCUT2D eigenvalue weighted by Crippen LogP contribution is -2.12. The van der Waals surface area contributed by atoms with Crippen LogP contribution in [0.1, 0.15) is 67.9 Å². The standard InChI is InChI=1S/C28H32O5/c1-4-7-8-9-10-21-11-13-22(14-12-21)15-18-26(29)25-17-16-24(33-23(5-2)6-3)19-27(25)32-20-28(30)31/h5,9-19H,4,6-8,20H2,1-3H3,(H,30,31)/b10-9+,18-15+,23-5-. The molecule has 5 nitrogen and oxygen atoms in total. The molecule has 0 aliphatic rings. The Labute approximate surface area is 196 Å². The van der Waals surface area contributed by atoms with Crippen molar-refractivity contribution < 1.29 is 24.2 Å². The van der Waals surface area contributed by atoms with Crippen molar-refractivity contribution in [2.24, 2.45) is 0 Å². The predicted octanol–water partition coefficient (Wildman–Crippen LogP) is 6.94. The lowest BCUT2D eigenvalue weighted by Gasteiger charge is -2.12. The van der Waals surface area contributed by atoms with Crippen LogP contribution in [-0.4, -0.2) is 23.5 Å². The van der Waals surface area contributed by atoms with E-state index in [1.165, 1.54) is 18.9 Å². The summed E-state index contributed by atoms with van der Waals surface area (Å²) in [6.45, 7) is 5.46. The molecule has 0 aliphatic carbocycles. The molecule has 0 fully saturated rings. The summed E-state index contributed by atoms with van der Waals surface area (Å²) in [4.78, 5) is 23.8. The third-order valence-electron chi connectivity index (χ3n) is 4.89. The Morgan fingerprint density at radius 1 is 1.00 bits per heavy atom. The first-order valence-corrected chi connectivity index (χ1v) is 11.3. The van der Waals surface area contributed by atoms with Crippen LogP contribution >= 0.6 is 0 Å². The van der Waals surface area contributed by atoms with E-state index in [0.717, 1.165) is 23.3 Å². The van der Waals surface area contributed by atoms with E-state index in [1.54, 1.807) is 24.3 Å². The smallest absolute Gasteiger partial charge is 0.341 e. The molecule has 0 radical (unpaired) electrons. The number of unbranched alkanes of at least 4 members (excludes halogenated alkanes) is 2. The van der Waals surface area contributed by atoms with Crippen LogP contribution in [0, 0.1) is 0 Å². The Bertz CT molecular complexity index is 1010. The normalized spacial score (nSPS) is 11.8. The van der Waals surface area contributed by atoms with Gasteiger partial charge in [0.2, 0.25) is 0 Å². The van der Waals surface area contributed by atoms with E-state index in [4.69, 9.17) is 14.6 Å². The van der Waals surface area contributed by atoms with Crippen LogP contribution in [-0.2, 0) is 4.79 Å². The fourth-order valence-corrected chi connectivity index (χ4v) is 3.04. The highest BCUT2D eigenvalue weighted by atomic mass is 16.5. The Morgan fingerprint density at radius 3 is 2.30 bits per heavy atom. The van der Waals surface area contributed by atoms with Gasteiger partial charge in [-0.1, -0.05) is 69.2 Å². The first kappa shape index (κ1) is 25.7. The number of aliphatic carboxylic acids is 1. The van der Waals surface area contributed by atoms with E-state index in [9.17, 15) is 9.59 Å². The quantitative estimate of drug-likeness (QED) is 0.155. The first-order chi connectivity index (χ1) is 16.0. The number of allylic oxidation sites excluding steroid dienone is 4. The van der Waals surface area contributed by atoms with Crippen molar-refractivity contribution in [1.82, 2.24) is 0 Å². The number of ketones is 1. The molecule has 2 aromatic carbocycles. The second-order valence-electron chi connectivity index (χ2n) is 7.46. The zero-order chi connectivity index (χ0) is 24.1. The van der Waals surface area contributed by atoms with Gasteiger partial charge in [0.15, 0.2) is 12.4 Å². The van der Waals surface area contributed by atoms with Gasteiger partial charge in [0.1, 0.15) is 11.5 Å². The highest BCUT2D eigenvalue weighted by molar-refractivity contribution is 6.08. The second kappa shape index (κ2) is 13.7. The second-order valence-corrected chi connectivity index (χ2v) is 7.46. The fourth-order valence-electron chi connectivity index (χ4n) is 3.04. The summed E-state index contributed by atoms with van der Waals surface area (Å²) in [6.07, 6.45) is 13.4. The van der Waals surface area contributed by atoms with Crippen LogP contribution < -0.4 is 9.47 Å². The van der Waals surface area contributed by atoms with Crippen molar-refractivity contribution in [2.45, 2.75) is 46.5 Å². The monoisotopic (exact) mass is 448 g/mol. The number of rotatable bonds is 13. The fraction of sp³-hybridized carbons (Fsp3) is 0.286. The largest absolute Gasteiger partial charge is 0.481 e. The Kier molecular flexibility index (Phi) is 10.7. The van der Waals surface area contributed by atoms with Crippen LogP contribution in [0.3, 0.4) is 0 Å². The lowest BCUT2D eigenvalue weighted by atomic mass is 10.1. The lowest BCUT2D eigenvalue weighted by molar-refractivity contribution is -0.139. The van der Waals surface area contributed by atoms with Gasteiger partial charge < -0.3 is 14.6 Å². The van der Waals surface area contributed by atoms with E-state index in [2.05, 4.69) is 19.1 Å². The number of hydrogen-bond acceptors (Lipinski definition) is 4. The molecule has 5 heteroatoms. The predicted molar refractivity (Wildman–Crippen MR) is 133 cm³/mol. The summed E-state index contributed by atoms with van der Waals surface area (Å²) in [5.41, 5.74) is 2.28. The maximum atomic E-state index is 12.8. The maximum absolute atomic E-state index is 12.8. The van der Waals surface area contributed by atoms with Gasteiger partial charge in [-0.2, -0.15) is 0 Å². The van der Waals surface area contributed by atoms with Gasteiger partial charge in [0.25, 0.3) is 0 Å². The summed E-state index contributed by atoms with van der Waals surface area (Å²) < 4.78 is 11.1. The Morgan fingerprint density at radius 2 is 1.70 bits per heavy atom. The molecule has 2 aromatic rings. The minimum atomic E-state index is -1.12. The van der Waals surface area contributed by atoms with Gasteiger partial charge >= 0.3 is 5.97 Å². The molecule has 174 valence electrons. The van der Waals surface area contributed by atoms with Crippen molar-refractivity contribution in [1.29, 1.82) is 0 Å². The van der Waals surface area contributed by atoms with Crippen molar-refractivity contribution in [2.75, 3.05) is 6.61 Å². The van der Waals surface area contributed by atoms with Crippen LogP contribution in [0.15, 0.2) is 66.5 Å². The molecule has 0 bridgehead atoms. The van der Waals surface area contributed by atoms with Crippen molar-refractivity contribution in [3.05, 3.63) is 83.1 Å². The number of carboxylic acids is 1. The topological polar surface area (TPSA) is 72.8 Å². The number of hydrogen-bond donors (Lipinski definition) is 1. The molecule has 0 saturated heterocycles. The van der Waals surface area contributed by atoms with Gasteiger partial charge in [-0.3, -0.25) is 4.79 Å². The van der Waals surface area contributed by atoms with Gasteiger partial charge in [0, 0.05) is 12.5 Å². The Hall–Kier alpha value is -3.60. The molecule has 0 unspecified atom stereocenters. The average molecular weight is 449 g/mol. The van der Waals surface area contributed by atoms with E-state index in [1.807, 2.05) is 44.2 Å². The van der Waals surface area contributed by atoms with E-state index >= 15 is 0 Å². The third-order valence-corrected chi connectivity index (χ3v) is 4.89. The van der Waals surface area contributed by atoms with Crippen molar-refractivity contribution in [3.63, 3.8) is 0 Å². The van der Waals surface area contributed by atoms with Crippen LogP contribution in [0.5, 0.6) is 11.5 Å².